The normalized spacial score (nSPS) is 10.6. The quantitative estimate of drug-likeness (QED) is 0.465. The second-order valence-electron chi connectivity index (χ2n) is 4.33. The van der Waals surface area contributed by atoms with Crippen molar-refractivity contribution in [2.45, 2.75) is 6.54 Å². The van der Waals surface area contributed by atoms with Crippen molar-refractivity contribution in [3.63, 3.8) is 0 Å². The molecule has 0 bridgehead atoms. The highest BCUT2D eigenvalue weighted by Crippen LogP contribution is 2.04. The van der Waals surface area contributed by atoms with Gasteiger partial charge in [0, 0.05) is 12.6 Å². The van der Waals surface area contributed by atoms with E-state index < -0.39 is 0 Å². The lowest BCUT2D eigenvalue weighted by atomic mass is 10.1. The fourth-order valence-corrected chi connectivity index (χ4v) is 1.77. The zero-order valence-corrected chi connectivity index (χ0v) is 10.9. The molecule has 0 N–H and O–H groups in total. The summed E-state index contributed by atoms with van der Waals surface area (Å²) >= 11 is 0. The van der Waals surface area contributed by atoms with Crippen LogP contribution in [0.4, 0.5) is 0 Å². The van der Waals surface area contributed by atoms with Gasteiger partial charge in [0.15, 0.2) is 0 Å². The Morgan fingerprint density at radius 3 is 2.53 bits per heavy atom. The molecule has 2 aromatic carbocycles. The number of nitrogens with zero attached hydrogens (tertiary/aromatic N) is 2. The van der Waals surface area contributed by atoms with E-state index in [-0.39, 0.29) is 0 Å². The molecule has 2 rings (SSSR count). The van der Waals surface area contributed by atoms with Crippen molar-refractivity contribution in [3.05, 3.63) is 71.3 Å². The smallest absolute Gasteiger partial charge is 0.150 e. The lowest BCUT2D eigenvalue weighted by Crippen LogP contribution is -2.10. The molecule has 3 heteroatoms. The Bertz CT molecular complexity index is 564. The molecule has 0 aromatic heterocycles. The van der Waals surface area contributed by atoms with Crippen molar-refractivity contribution in [3.8, 4) is 0 Å². The minimum absolute atomic E-state index is 0.662. The van der Waals surface area contributed by atoms with E-state index in [0.717, 1.165) is 18.4 Å². The number of carbonyl (C=O) groups excluding carboxylic acids is 1. The number of hydrazone groups is 1. The number of aldehydes is 1. The lowest BCUT2D eigenvalue weighted by molar-refractivity contribution is 0.112. The van der Waals surface area contributed by atoms with Gasteiger partial charge in [-0.3, -0.25) is 9.80 Å². The maximum absolute atomic E-state index is 10.7. The molecule has 0 atom stereocenters. The van der Waals surface area contributed by atoms with Crippen LogP contribution in [0.5, 0.6) is 0 Å². The summed E-state index contributed by atoms with van der Waals surface area (Å²) in [4.78, 5) is 10.7. The molecular formula is C16H16N2O. The highest BCUT2D eigenvalue weighted by Gasteiger charge is 1.96. The van der Waals surface area contributed by atoms with Crippen molar-refractivity contribution >= 4 is 12.5 Å². The third-order valence-electron chi connectivity index (χ3n) is 2.70. The van der Waals surface area contributed by atoms with Crippen LogP contribution in [0.3, 0.4) is 0 Å². The zero-order valence-electron chi connectivity index (χ0n) is 10.9. The molecule has 2 aromatic rings. The molecule has 0 spiro atoms. The number of rotatable bonds is 5. The van der Waals surface area contributed by atoms with Crippen LogP contribution in [0.1, 0.15) is 21.5 Å². The highest BCUT2D eigenvalue weighted by atomic mass is 16.1. The summed E-state index contributed by atoms with van der Waals surface area (Å²) in [5, 5.41) is 6.22. The van der Waals surface area contributed by atoms with Crippen LogP contribution in [0.2, 0.25) is 0 Å². The summed E-state index contributed by atoms with van der Waals surface area (Å²) in [5.74, 6) is 0. The van der Waals surface area contributed by atoms with E-state index in [9.17, 15) is 4.79 Å². The van der Waals surface area contributed by atoms with Crippen LogP contribution in [0.15, 0.2) is 59.7 Å². The molecule has 19 heavy (non-hydrogen) atoms. The standard InChI is InChI=1S/C16H16N2O/c1-18(12-14-6-3-2-4-7-14)17-11-15-8-5-9-16(10-15)13-19/h2-11,13H,12H2,1H3/b17-11+. The summed E-state index contributed by atoms with van der Waals surface area (Å²) in [6, 6.07) is 17.5. The van der Waals surface area contributed by atoms with Crippen molar-refractivity contribution in [1.29, 1.82) is 0 Å². The Labute approximate surface area is 113 Å². The van der Waals surface area contributed by atoms with Gasteiger partial charge in [-0.2, -0.15) is 5.10 Å². The molecule has 0 aliphatic carbocycles. The fraction of sp³-hybridized carbons (Fsp3) is 0.125. The zero-order chi connectivity index (χ0) is 13.5. The first kappa shape index (κ1) is 13.0. The van der Waals surface area contributed by atoms with E-state index in [2.05, 4.69) is 17.2 Å². The molecule has 0 unspecified atom stereocenters. The lowest BCUT2D eigenvalue weighted by Gasteiger charge is -2.12. The maximum atomic E-state index is 10.7. The molecule has 0 fully saturated rings. The topological polar surface area (TPSA) is 32.7 Å². The first-order valence-corrected chi connectivity index (χ1v) is 6.12. The number of hydrogen-bond donors (Lipinski definition) is 0. The van der Waals surface area contributed by atoms with Gasteiger partial charge in [0.2, 0.25) is 0 Å². The Morgan fingerprint density at radius 1 is 1.05 bits per heavy atom. The third kappa shape index (κ3) is 4.07. The van der Waals surface area contributed by atoms with Crippen molar-refractivity contribution in [1.82, 2.24) is 5.01 Å². The second-order valence-corrected chi connectivity index (χ2v) is 4.33. The van der Waals surface area contributed by atoms with E-state index in [1.54, 1.807) is 12.3 Å². The Kier molecular flexibility index (Phi) is 4.45. The minimum atomic E-state index is 0.662. The number of benzene rings is 2. The summed E-state index contributed by atoms with van der Waals surface area (Å²) in [7, 11) is 1.92. The van der Waals surface area contributed by atoms with E-state index in [1.165, 1.54) is 5.56 Å². The Hall–Kier alpha value is -2.42. The predicted octanol–water partition coefficient (Wildman–Crippen LogP) is 2.97. The van der Waals surface area contributed by atoms with Crippen LogP contribution in [0.25, 0.3) is 0 Å². The van der Waals surface area contributed by atoms with Crippen molar-refractivity contribution in [2.75, 3.05) is 7.05 Å². The minimum Gasteiger partial charge on any atom is -0.298 e. The first-order chi connectivity index (χ1) is 9.28. The summed E-state index contributed by atoms with van der Waals surface area (Å²) in [5.41, 5.74) is 2.79. The monoisotopic (exact) mass is 252 g/mol. The fourth-order valence-electron chi connectivity index (χ4n) is 1.77. The Morgan fingerprint density at radius 2 is 1.79 bits per heavy atom. The predicted molar refractivity (Wildman–Crippen MR) is 77.3 cm³/mol. The van der Waals surface area contributed by atoms with Crippen LogP contribution in [0, 0.1) is 0 Å². The first-order valence-electron chi connectivity index (χ1n) is 6.12. The molecule has 96 valence electrons. The van der Waals surface area contributed by atoms with E-state index in [0.29, 0.717) is 5.56 Å². The molecule has 0 saturated carbocycles. The van der Waals surface area contributed by atoms with E-state index in [1.807, 2.05) is 48.5 Å². The number of carbonyl (C=O) groups is 1. The van der Waals surface area contributed by atoms with Crippen LogP contribution >= 0.6 is 0 Å². The SMILES string of the molecule is CN(Cc1ccccc1)/N=C/c1cccc(C=O)c1. The Balaban J connectivity index is 1.99. The van der Waals surface area contributed by atoms with Crippen molar-refractivity contribution < 1.29 is 4.79 Å². The van der Waals surface area contributed by atoms with Crippen molar-refractivity contribution in [2.24, 2.45) is 5.10 Å². The van der Waals surface area contributed by atoms with Gasteiger partial charge in [-0.25, -0.2) is 0 Å². The van der Waals surface area contributed by atoms with Gasteiger partial charge in [-0.1, -0.05) is 48.5 Å². The van der Waals surface area contributed by atoms with Gasteiger partial charge in [-0.05, 0) is 17.2 Å². The summed E-state index contributed by atoms with van der Waals surface area (Å²) in [6.45, 7) is 0.755. The molecule has 0 saturated heterocycles. The van der Waals surface area contributed by atoms with Gasteiger partial charge in [0.05, 0.1) is 12.8 Å². The van der Waals surface area contributed by atoms with Gasteiger partial charge in [0.25, 0.3) is 0 Å². The molecule has 0 radical (unpaired) electrons. The second kappa shape index (κ2) is 6.50. The van der Waals surface area contributed by atoms with Gasteiger partial charge in [-0.15, -0.1) is 0 Å². The van der Waals surface area contributed by atoms with Gasteiger partial charge in [0.1, 0.15) is 6.29 Å². The summed E-state index contributed by atoms with van der Waals surface area (Å²) < 4.78 is 0. The average Bonchev–Trinajstić information content (AvgIpc) is 2.46. The maximum Gasteiger partial charge on any atom is 0.150 e. The molecule has 0 aliphatic heterocycles. The van der Waals surface area contributed by atoms with Gasteiger partial charge >= 0.3 is 0 Å². The third-order valence-corrected chi connectivity index (χ3v) is 2.70. The van der Waals surface area contributed by atoms with Gasteiger partial charge < -0.3 is 0 Å². The molecule has 0 heterocycles. The average molecular weight is 252 g/mol. The number of hydrogen-bond acceptors (Lipinski definition) is 3. The summed E-state index contributed by atoms with van der Waals surface area (Å²) in [6.07, 6.45) is 2.60. The molecule has 0 amide bonds. The highest BCUT2D eigenvalue weighted by molar-refractivity contribution is 5.84. The van der Waals surface area contributed by atoms with E-state index >= 15 is 0 Å². The van der Waals surface area contributed by atoms with Crippen LogP contribution in [-0.4, -0.2) is 24.6 Å². The van der Waals surface area contributed by atoms with Crippen LogP contribution in [-0.2, 0) is 6.54 Å². The van der Waals surface area contributed by atoms with Crippen LogP contribution < -0.4 is 0 Å². The molecule has 0 aliphatic rings. The van der Waals surface area contributed by atoms with E-state index in [4.69, 9.17) is 0 Å². The largest absolute Gasteiger partial charge is 0.298 e. The molecular weight excluding hydrogens is 236 g/mol. The molecule has 3 nitrogen and oxygen atoms in total.